The molecule has 1 fully saturated rings. The van der Waals surface area contributed by atoms with Crippen molar-refractivity contribution >= 4 is 39.3 Å². The van der Waals surface area contributed by atoms with Crippen LogP contribution in [0.3, 0.4) is 0 Å². The Hall–Kier alpha value is -3.20. The van der Waals surface area contributed by atoms with Gasteiger partial charge in [-0.3, -0.25) is 9.69 Å². The summed E-state index contributed by atoms with van der Waals surface area (Å²) in [6.45, 7) is 3.08. The Balaban J connectivity index is 1.78. The molecule has 3 amide bonds. The van der Waals surface area contributed by atoms with Crippen LogP contribution in [-0.4, -0.2) is 29.4 Å². The van der Waals surface area contributed by atoms with Gasteiger partial charge in [-0.25, -0.2) is 14.0 Å². The molecular formula is C20H17FN2O5S. The summed E-state index contributed by atoms with van der Waals surface area (Å²) in [6, 6.07) is 7.03. The predicted molar refractivity (Wildman–Crippen MR) is 103 cm³/mol. The molecular weight excluding hydrogens is 399 g/mol. The smallest absolute Gasteiger partial charge is 0.348 e. The third-order valence-corrected chi connectivity index (χ3v) is 6.01. The molecule has 0 spiro atoms. The molecule has 0 saturated carbocycles. The van der Waals surface area contributed by atoms with E-state index in [-0.39, 0.29) is 34.7 Å². The number of furan rings is 1. The SMILES string of the molecule is CCOC(=O)c1sc2cccc(F)c2c1CN1C(=O)NC(C)(c2ccco2)C1=O. The number of imide groups is 1. The molecule has 1 aromatic carbocycles. The predicted octanol–water partition coefficient (Wildman–Crippen LogP) is 3.78. The van der Waals surface area contributed by atoms with E-state index in [9.17, 15) is 18.8 Å². The highest BCUT2D eigenvalue weighted by molar-refractivity contribution is 7.21. The van der Waals surface area contributed by atoms with E-state index in [0.29, 0.717) is 4.70 Å². The van der Waals surface area contributed by atoms with E-state index >= 15 is 0 Å². The maximum absolute atomic E-state index is 14.6. The summed E-state index contributed by atoms with van der Waals surface area (Å²) in [5.74, 6) is -1.43. The lowest BCUT2D eigenvalue weighted by atomic mass is 9.99. The molecule has 2 aromatic heterocycles. The van der Waals surface area contributed by atoms with Crippen molar-refractivity contribution in [3.63, 3.8) is 0 Å². The van der Waals surface area contributed by atoms with Gasteiger partial charge in [0.15, 0.2) is 5.54 Å². The Labute approximate surface area is 169 Å². The molecule has 0 aliphatic carbocycles. The number of carbonyl (C=O) groups is 3. The lowest BCUT2D eigenvalue weighted by Gasteiger charge is -2.19. The maximum Gasteiger partial charge on any atom is 0.348 e. The van der Waals surface area contributed by atoms with Crippen LogP contribution in [0.2, 0.25) is 0 Å². The zero-order chi connectivity index (χ0) is 20.8. The first-order valence-corrected chi connectivity index (χ1v) is 9.73. The lowest BCUT2D eigenvalue weighted by molar-refractivity contribution is -0.132. The fraction of sp³-hybridized carbons (Fsp3) is 0.250. The van der Waals surface area contributed by atoms with E-state index in [4.69, 9.17) is 9.15 Å². The average Bonchev–Trinajstić information content (AvgIpc) is 3.38. The number of ether oxygens (including phenoxy) is 1. The van der Waals surface area contributed by atoms with Crippen LogP contribution in [0.5, 0.6) is 0 Å². The molecule has 1 saturated heterocycles. The number of carbonyl (C=O) groups excluding carboxylic acids is 3. The maximum atomic E-state index is 14.6. The Morgan fingerprint density at radius 3 is 2.79 bits per heavy atom. The van der Waals surface area contributed by atoms with Crippen LogP contribution in [0, 0.1) is 5.82 Å². The van der Waals surface area contributed by atoms with Crippen molar-refractivity contribution in [3.8, 4) is 0 Å². The van der Waals surface area contributed by atoms with E-state index in [0.717, 1.165) is 16.2 Å². The molecule has 0 radical (unpaired) electrons. The number of rotatable bonds is 5. The van der Waals surface area contributed by atoms with Crippen LogP contribution in [0.1, 0.15) is 34.8 Å². The van der Waals surface area contributed by atoms with E-state index in [1.807, 2.05) is 0 Å². The summed E-state index contributed by atoms with van der Waals surface area (Å²) >= 11 is 1.07. The summed E-state index contributed by atoms with van der Waals surface area (Å²) < 4.78 is 25.5. The number of hydrogen-bond donors (Lipinski definition) is 1. The van der Waals surface area contributed by atoms with Crippen molar-refractivity contribution in [1.82, 2.24) is 10.2 Å². The fourth-order valence-electron chi connectivity index (χ4n) is 3.41. The van der Waals surface area contributed by atoms with E-state index in [1.165, 1.54) is 25.3 Å². The van der Waals surface area contributed by atoms with Gasteiger partial charge in [-0.15, -0.1) is 11.3 Å². The molecule has 1 N–H and O–H groups in total. The van der Waals surface area contributed by atoms with Crippen LogP contribution in [0.25, 0.3) is 10.1 Å². The van der Waals surface area contributed by atoms with E-state index in [1.54, 1.807) is 25.1 Å². The van der Waals surface area contributed by atoms with Gasteiger partial charge in [0, 0.05) is 15.6 Å². The summed E-state index contributed by atoms with van der Waals surface area (Å²) in [7, 11) is 0. The summed E-state index contributed by atoms with van der Waals surface area (Å²) in [5, 5.41) is 2.82. The molecule has 29 heavy (non-hydrogen) atoms. The minimum Gasteiger partial charge on any atom is -0.466 e. The van der Waals surface area contributed by atoms with Gasteiger partial charge in [-0.05, 0) is 38.1 Å². The number of benzene rings is 1. The minimum atomic E-state index is -1.38. The summed E-state index contributed by atoms with van der Waals surface area (Å²) in [6.07, 6.45) is 1.41. The average molecular weight is 416 g/mol. The lowest BCUT2D eigenvalue weighted by Crippen LogP contribution is -2.40. The molecule has 1 unspecified atom stereocenters. The number of amides is 3. The standard InChI is InChI=1S/C20H17FN2O5S/c1-3-27-17(24)16-11(15-12(21)6-4-7-13(15)29-16)10-23-18(25)20(2,22-19(23)26)14-8-5-9-28-14/h4-9H,3,10H2,1-2H3,(H,22,26). The van der Waals surface area contributed by atoms with Crippen molar-refractivity contribution in [2.75, 3.05) is 6.61 Å². The third kappa shape index (κ3) is 2.98. The summed E-state index contributed by atoms with van der Waals surface area (Å²) in [5.41, 5.74) is -1.14. The monoisotopic (exact) mass is 416 g/mol. The second-order valence-electron chi connectivity index (χ2n) is 6.67. The topological polar surface area (TPSA) is 88.8 Å². The minimum absolute atomic E-state index is 0.148. The van der Waals surface area contributed by atoms with Gasteiger partial charge in [0.1, 0.15) is 16.5 Å². The van der Waals surface area contributed by atoms with Crippen molar-refractivity contribution in [2.24, 2.45) is 0 Å². The zero-order valence-corrected chi connectivity index (χ0v) is 16.5. The zero-order valence-electron chi connectivity index (χ0n) is 15.7. The number of nitrogens with one attached hydrogen (secondary N) is 1. The van der Waals surface area contributed by atoms with Gasteiger partial charge < -0.3 is 14.5 Å². The van der Waals surface area contributed by atoms with Crippen LogP contribution < -0.4 is 5.32 Å². The van der Waals surface area contributed by atoms with Crippen molar-refractivity contribution in [2.45, 2.75) is 25.9 Å². The third-order valence-electron chi connectivity index (χ3n) is 4.83. The van der Waals surface area contributed by atoms with Crippen LogP contribution in [-0.2, 0) is 21.6 Å². The van der Waals surface area contributed by atoms with Crippen molar-refractivity contribution in [3.05, 3.63) is 58.6 Å². The van der Waals surface area contributed by atoms with Gasteiger partial charge in [-0.1, -0.05) is 6.07 Å². The highest BCUT2D eigenvalue weighted by Crippen LogP contribution is 2.37. The number of urea groups is 1. The molecule has 9 heteroatoms. The van der Waals surface area contributed by atoms with Crippen LogP contribution in [0.4, 0.5) is 9.18 Å². The van der Waals surface area contributed by atoms with E-state index < -0.39 is 29.3 Å². The molecule has 1 aliphatic rings. The Morgan fingerprint density at radius 2 is 2.10 bits per heavy atom. The van der Waals surface area contributed by atoms with Gasteiger partial charge in [0.05, 0.1) is 19.4 Å². The van der Waals surface area contributed by atoms with Gasteiger partial charge in [0.2, 0.25) is 0 Å². The Kier molecular flexibility index (Phi) is 4.62. The molecule has 150 valence electrons. The highest BCUT2D eigenvalue weighted by Gasteiger charge is 2.51. The molecule has 3 aromatic rings. The van der Waals surface area contributed by atoms with Crippen LogP contribution >= 0.6 is 11.3 Å². The summed E-state index contributed by atoms with van der Waals surface area (Å²) in [4.78, 5) is 39.2. The molecule has 1 atom stereocenters. The number of hydrogen-bond acceptors (Lipinski definition) is 6. The van der Waals surface area contributed by atoms with Crippen LogP contribution in [0.15, 0.2) is 41.0 Å². The first kappa shape index (κ1) is 19.1. The van der Waals surface area contributed by atoms with Crippen molar-refractivity contribution in [1.29, 1.82) is 0 Å². The van der Waals surface area contributed by atoms with Gasteiger partial charge >= 0.3 is 12.0 Å². The number of nitrogens with zero attached hydrogens (tertiary/aromatic N) is 1. The van der Waals surface area contributed by atoms with E-state index in [2.05, 4.69) is 5.32 Å². The highest BCUT2D eigenvalue weighted by atomic mass is 32.1. The van der Waals surface area contributed by atoms with Crippen molar-refractivity contribution < 1.29 is 27.9 Å². The quantitative estimate of drug-likeness (QED) is 0.505. The largest absolute Gasteiger partial charge is 0.466 e. The fourth-order valence-corrected chi connectivity index (χ4v) is 4.53. The second kappa shape index (κ2) is 7.00. The normalized spacial score (nSPS) is 19.1. The molecule has 3 heterocycles. The van der Waals surface area contributed by atoms with Gasteiger partial charge in [-0.2, -0.15) is 0 Å². The van der Waals surface area contributed by atoms with Gasteiger partial charge in [0.25, 0.3) is 5.91 Å². The molecule has 1 aliphatic heterocycles. The Bertz CT molecular complexity index is 1120. The number of halogens is 1. The number of thiophene rings is 1. The second-order valence-corrected chi connectivity index (χ2v) is 7.72. The molecule has 4 rings (SSSR count). The first-order chi connectivity index (χ1) is 13.9. The first-order valence-electron chi connectivity index (χ1n) is 8.92. The molecule has 7 nitrogen and oxygen atoms in total. The number of fused-ring (bicyclic) bond motifs is 1. The number of esters is 1. The Morgan fingerprint density at radius 1 is 1.31 bits per heavy atom. The molecule has 0 bridgehead atoms.